The Kier molecular flexibility index (Phi) is 4.80. The minimum atomic E-state index is -1.26. The normalized spacial score (nSPS) is 15.3. The van der Waals surface area contributed by atoms with E-state index in [4.69, 9.17) is 5.11 Å². The van der Waals surface area contributed by atoms with Gasteiger partial charge < -0.3 is 20.3 Å². The van der Waals surface area contributed by atoms with Gasteiger partial charge in [-0.15, -0.1) is 0 Å². The molecule has 0 aliphatic carbocycles. The smallest absolute Gasteiger partial charge is 0.246 e. The second-order valence-electron chi connectivity index (χ2n) is 2.86. The fraction of sp³-hybridized carbons (Fsp3) is 0.857. The predicted octanol–water partition coefficient (Wildman–Crippen LogP) is -1.51. The van der Waals surface area contributed by atoms with Crippen LogP contribution in [0.1, 0.15) is 6.92 Å². The van der Waals surface area contributed by atoms with Gasteiger partial charge in [0.15, 0.2) is 0 Å². The zero-order chi connectivity index (χ0) is 9.61. The number of aliphatic hydroxyl groups excluding tert-OH is 1. The second kappa shape index (κ2) is 5.08. The average molecular weight is 177 g/mol. The van der Waals surface area contributed by atoms with E-state index >= 15 is 0 Å². The van der Waals surface area contributed by atoms with Crippen LogP contribution in [0.5, 0.6) is 0 Å². The van der Waals surface area contributed by atoms with Gasteiger partial charge in [-0.2, -0.15) is 0 Å². The van der Waals surface area contributed by atoms with E-state index in [0.29, 0.717) is 0 Å². The Morgan fingerprint density at radius 2 is 2.25 bits per heavy atom. The van der Waals surface area contributed by atoms with Gasteiger partial charge in [-0.05, 0) is 6.92 Å². The molecule has 12 heavy (non-hydrogen) atoms. The van der Waals surface area contributed by atoms with Crippen LogP contribution >= 0.6 is 0 Å². The van der Waals surface area contributed by atoms with E-state index in [1.165, 1.54) is 14.0 Å². The maximum absolute atomic E-state index is 10.8. The summed E-state index contributed by atoms with van der Waals surface area (Å²) in [7, 11) is 1.41. The van der Waals surface area contributed by atoms with Crippen LogP contribution in [0, 0.1) is 0 Å². The third kappa shape index (κ3) is 5.06. The van der Waals surface area contributed by atoms with E-state index < -0.39 is 5.60 Å². The number of ether oxygens (including phenoxy) is 1. The van der Waals surface area contributed by atoms with Crippen LogP contribution in [0.3, 0.4) is 0 Å². The molecule has 1 amide bonds. The number of hydrogen-bond acceptors (Lipinski definition) is 4. The van der Waals surface area contributed by atoms with Crippen LogP contribution in [0.2, 0.25) is 0 Å². The van der Waals surface area contributed by atoms with Crippen molar-refractivity contribution >= 4 is 5.91 Å². The van der Waals surface area contributed by atoms with Crippen LogP contribution in [-0.4, -0.2) is 48.6 Å². The number of nitrogens with one attached hydrogen (secondary N) is 1. The van der Waals surface area contributed by atoms with E-state index in [2.05, 4.69) is 10.1 Å². The maximum atomic E-state index is 10.8. The Bertz CT molecular complexity index is 146. The van der Waals surface area contributed by atoms with Crippen LogP contribution in [0.4, 0.5) is 0 Å². The molecule has 1 atom stereocenters. The first-order valence-electron chi connectivity index (χ1n) is 3.61. The van der Waals surface area contributed by atoms with E-state index in [9.17, 15) is 9.90 Å². The largest absolute Gasteiger partial charge is 0.393 e. The van der Waals surface area contributed by atoms with Gasteiger partial charge >= 0.3 is 0 Å². The van der Waals surface area contributed by atoms with E-state index in [1.54, 1.807) is 0 Å². The Hall–Kier alpha value is -0.650. The molecule has 0 saturated heterocycles. The summed E-state index contributed by atoms with van der Waals surface area (Å²) < 4.78 is 4.55. The van der Waals surface area contributed by atoms with Crippen molar-refractivity contribution < 1.29 is 19.7 Å². The lowest BCUT2D eigenvalue weighted by Crippen LogP contribution is -2.44. The summed E-state index contributed by atoms with van der Waals surface area (Å²) in [5.41, 5.74) is -1.26. The summed E-state index contributed by atoms with van der Waals surface area (Å²) >= 11 is 0. The van der Waals surface area contributed by atoms with Crippen LogP contribution in [0.15, 0.2) is 0 Å². The second-order valence-corrected chi connectivity index (χ2v) is 2.86. The molecule has 0 spiro atoms. The SMILES string of the molecule is COCC(=O)NCC(C)(O)CO. The van der Waals surface area contributed by atoms with Crippen molar-refractivity contribution in [3.05, 3.63) is 0 Å². The van der Waals surface area contributed by atoms with Gasteiger partial charge in [0.25, 0.3) is 0 Å². The molecular formula is C7H15NO4. The van der Waals surface area contributed by atoms with Crippen molar-refractivity contribution in [3.63, 3.8) is 0 Å². The minimum absolute atomic E-state index is 0.0195. The van der Waals surface area contributed by atoms with Crippen molar-refractivity contribution in [1.82, 2.24) is 5.32 Å². The molecule has 0 aromatic carbocycles. The number of rotatable bonds is 5. The van der Waals surface area contributed by atoms with Gasteiger partial charge in [-0.3, -0.25) is 4.79 Å². The highest BCUT2D eigenvalue weighted by atomic mass is 16.5. The molecular weight excluding hydrogens is 162 g/mol. The molecule has 72 valence electrons. The van der Waals surface area contributed by atoms with Gasteiger partial charge in [0.2, 0.25) is 5.91 Å². The number of methoxy groups -OCH3 is 1. The fourth-order valence-electron chi connectivity index (χ4n) is 0.527. The lowest BCUT2D eigenvalue weighted by molar-refractivity contribution is -0.126. The summed E-state index contributed by atoms with van der Waals surface area (Å²) in [6, 6.07) is 0. The maximum Gasteiger partial charge on any atom is 0.246 e. The molecule has 5 heteroatoms. The first-order valence-corrected chi connectivity index (χ1v) is 3.61. The molecule has 5 nitrogen and oxygen atoms in total. The molecule has 0 bridgehead atoms. The molecule has 0 saturated carbocycles. The van der Waals surface area contributed by atoms with Gasteiger partial charge in [-0.1, -0.05) is 0 Å². The molecule has 1 unspecified atom stereocenters. The topological polar surface area (TPSA) is 78.8 Å². The fourth-order valence-corrected chi connectivity index (χ4v) is 0.527. The molecule has 0 aromatic heterocycles. The minimum Gasteiger partial charge on any atom is -0.393 e. The number of carbonyl (C=O) groups is 1. The van der Waals surface area contributed by atoms with E-state index in [0.717, 1.165) is 0 Å². The zero-order valence-corrected chi connectivity index (χ0v) is 7.33. The molecule has 0 aliphatic rings. The number of aliphatic hydroxyl groups is 2. The summed E-state index contributed by atoms with van der Waals surface area (Å²) in [4.78, 5) is 10.8. The molecule has 0 fully saturated rings. The molecule has 0 radical (unpaired) electrons. The first kappa shape index (κ1) is 11.4. The van der Waals surface area contributed by atoms with Gasteiger partial charge in [-0.25, -0.2) is 0 Å². The molecule has 3 N–H and O–H groups in total. The highest BCUT2D eigenvalue weighted by molar-refractivity contribution is 5.77. The summed E-state index contributed by atoms with van der Waals surface area (Å²) in [6.07, 6.45) is 0. The van der Waals surface area contributed by atoms with E-state index in [1.807, 2.05) is 0 Å². The highest BCUT2D eigenvalue weighted by Gasteiger charge is 2.19. The van der Waals surface area contributed by atoms with Gasteiger partial charge in [0.1, 0.15) is 12.2 Å². The lowest BCUT2D eigenvalue weighted by Gasteiger charge is -2.20. The number of carbonyl (C=O) groups excluding carboxylic acids is 1. The van der Waals surface area contributed by atoms with Crippen molar-refractivity contribution in [2.75, 3.05) is 26.9 Å². The Labute approximate surface area is 71.3 Å². The van der Waals surface area contributed by atoms with Crippen LogP contribution in [0.25, 0.3) is 0 Å². The van der Waals surface area contributed by atoms with Crippen LogP contribution in [-0.2, 0) is 9.53 Å². The lowest BCUT2D eigenvalue weighted by atomic mass is 10.1. The van der Waals surface area contributed by atoms with Gasteiger partial charge in [0, 0.05) is 13.7 Å². The summed E-state index contributed by atoms with van der Waals surface area (Å²) in [5.74, 6) is -0.314. The van der Waals surface area contributed by atoms with Crippen LogP contribution < -0.4 is 5.32 Å². The summed E-state index contributed by atoms with van der Waals surface area (Å²) in [5, 5.41) is 20.2. The highest BCUT2D eigenvalue weighted by Crippen LogP contribution is 1.97. The predicted molar refractivity (Wildman–Crippen MR) is 42.6 cm³/mol. The number of amides is 1. The third-order valence-corrected chi connectivity index (χ3v) is 1.28. The molecule has 0 aromatic rings. The Morgan fingerprint density at radius 1 is 1.67 bits per heavy atom. The number of hydrogen-bond donors (Lipinski definition) is 3. The Balaban J connectivity index is 3.60. The third-order valence-electron chi connectivity index (χ3n) is 1.28. The van der Waals surface area contributed by atoms with Crippen molar-refractivity contribution in [2.45, 2.75) is 12.5 Å². The van der Waals surface area contributed by atoms with E-state index in [-0.39, 0.29) is 25.7 Å². The monoisotopic (exact) mass is 177 g/mol. The quantitative estimate of drug-likeness (QED) is 0.477. The molecule has 0 heterocycles. The summed E-state index contributed by atoms with van der Waals surface area (Å²) in [6.45, 7) is 1.02. The van der Waals surface area contributed by atoms with Crippen molar-refractivity contribution in [1.29, 1.82) is 0 Å². The standard InChI is InChI=1S/C7H15NO4/c1-7(11,5-9)4-8-6(10)3-12-2/h9,11H,3-5H2,1-2H3,(H,8,10). The average Bonchev–Trinajstić information content (AvgIpc) is 2.02. The Morgan fingerprint density at radius 3 is 2.67 bits per heavy atom. The first-order chi connectivity index (χ1) is 5.52. The van der Waals surface area contributed by atoms with Crippen molar-refractivity contribution in [2.24, 2.45) is 0 Å². The zero-order valence-electron chi connectivity index (χ0n) is 7.33. The molecule has 0 rings (SSSR count). The van der Waals surface area contributed by atoms with Crippen molar-refractivity contribution in [3.8, 4) is 0 Å². The molecule has 0 aliphatic heterocycles. The van der Waals surface area contributed by atoms with Gasteiger partial charge in [0.05, 0.1) is 6.61 Å².